The van der Waals surface area contributed by atoms with Crippen LogP contribution < -0.4 is 0 Å². The van der Waals surface area contributed by atoms with Gasteiger partial charge in [0.1, 0.15) is 5.82 Å². The number of hydrogen-bond acceptors (Lipinski definition) is 1. The Morgan fingerprint density at radius 2 is 1.63 bits per heavy atom. The first-order valence-corrected chi connectivity index (χ1v) is 7.76. The fraction of sp³-hybridized carbons (Fsp3) is 0.824. The van der Waals surface area contributed by atoms with Gasteiger partial charge in [0.25, 0.3) is 0 Å². The van der Waals surface area contributed by atoms with Crippen molar-refractivity contribution in [1.82, 2.24) is 9.97 Å². The van der Waals surface area contributed by atoms with Crippen LogP contribution in [0.3, 0.4) is 0 Å². The maximum absolute atomic E-state index is 5.01. The van der Waals surface area contributed by atoms with Gasteiger partial charge >= 0.3 is 0 Å². The first-order chi connectivity index (χ1) is 8.65. The van der Waals surface area contributed by atoms with E-state index in [9.17, 15) is 0 Å². The Morgan fingerprint density at radius 3 is 2.05 bits per heavy atom. The number of rotatable bonds is 6. The molecule has 19 heavy (non-hydrogen) atoms. The maximum Gasteiger partial charge on any atom is 0.112 e. The molecule has 0 aromatic carbocycles. The van der Waals surface area contributed by atoms with Crippen molar-refractivity contribution in [2.24, 2.45) is 0 Å². The molecule has 0 saturated carbocycles. The van der Waals surface area contributed by atoms with Crippen LogP contribution in [0.5, 0.6) is 0 Å². The summed E-state index contributed by atoms with van der Waals surface area (Å²) in [6.07, 6.45) is 3.48. The summed E-state index contributed by atoms with van der Waals surface area (Å²) in [5, 5.41) is 0. The van der Waals surface area contributed by atoms with Crippen LogP contribution in [0.25, 0.3) is 0 Å². The summed E-state index contributed by atoms with van der Waals surface area (Å²) in [5.74, 6) is 1.66. The highest BCUT2D eigenvalue weighted by molar-refractivity contribution is 5.27. The lowest BCUT2D eigenvalue weighted by Gasteiger charge is -2.23. The van der Waals surface area contributed by atoms with Crippen LogP contribution in [0.15, 0.2) is 0 Å². The van der Waals surface area contributed by atoms with E-state index >= 15 is 0 Å². The summed E-state index contributed by atoms with van der Waals surface area (Å²) in [7, 11) is 0. The molecule has 1 aromatic rings. The molecule has 0 aliphatic heterocycles. The van der Waals surface area contributed by atoms with E-state index in [4.69, 9.17) is 4.98 Å². The Hall–Kier alpha value is -0.790. The molecule has 0 bridgehead atoms. The van der Waals surface area contributed by atoms with E-state index in [0.717, 1.165) is 12.2 Å². The average Bonchev–Trinajstić information content (AvgIpc) is 2.75. The molecule has 1 aromatic heterocycles. The molecule has 0 aliphatic carbocycles. The lowest BCUT2D eigenvalue weighted by Crippen LogP contribution is -2.21. The molecule has 0 fully saturated rings. The molecule has 0 aliphatic rings. The van der Waals surface area contributed by atoms with E-state index in [2.05, 4.69) is 60.4 Å². The van der Waals surface area contributed by atoms with E-state index in [1.54, 1.807) is 0 Å². The normalized spacial score (nSPS) is 13.3. The third-order valence-corrected chi connectivity index (χ3v) is 4.35. The van der Waals surface area contributed by atoms with Gasteiger partial charge in [-0.25, -0.2) is 4.98 Å². The molecular weight excluding hydrogens is 232 g/mol. The van der Waals surface area contributed by atoms with Crippen molar-refractivity contribution >= 4 is 0 Å². The number of nitrogens with one attached hydrogen (secondary N) is 1. The van der Waals surface area contributed by atoms with Gasteiger partial charge in [-0.2, -0.15) is 0 Å². The van der Waals surface area contributed by atoms with Crippen LogP contribution >= 0.6 is 0 Å². The monoisotopic (exact) mass is 264 g/mol. The molecule has 0 spiro atoms. The standard InChI is InChI=1S/C17H32N2/c1-9-11-17(7,8)15-18-13(12(3)4)14(19-15)16(5,6)10-2/h12H,9-11H2,1-8H3,(H,18,19). The third kappa shape index (κ3) is 3.40. The van der Waals surface area contributed by atoms with Crippen LogP contribution in [0.2, 0.25) is 0 Å². The smallest absolute Gasteiger partial charge is 0.112 e. The summed E-state index contributed by atoms with van der Waals surface area (Å²) in [6, 6.07) is 0. The highest BCUT2D eigenvalue weighted by atomic mass is 15.0. The first kappa shape index (κ1) is 16.3. The third-order valence-electron chi connectivity index (χ3n) is 4.35. The molecular formula is C17H32N2. The van der Waals surface area contributed by atoms with E-state index in [1.165, 1.54) is 24.2 Å². The highest BCUT2D eigenvalue weighted by Gasteiger charge is 2.31. The summed E-state index contributed by atoms with van der Waals surface area (Å²) in [5.41, 5.74) is 2.88. The largest absolute Gasteiger partial charge is 0.345 e. The van der Waals surface area contributed by atoms with Crippen LogP contribution in [-0.2, 0) is 10.8 Å². The number of nitrogens with zero attached hydrogens (tertiary/aromatic N) is 1. The van der Waals surface area contributed by atoms with Gasteiger partial charge in [-0.3, -0.25) is 0 Å². The van der Waals surface area contributed by atoms with Crippen LogP contribution in [0, 0.1) is 0 Å². The zero-order chi connectivity index (χ0) is 14.8. The fourth-order valence-electron chi connectivity index (χ4n) is 2.55. The van der Waals surface area contributed by atoms with E-state index in [1.807, 2.05) is 0 Å². The molecule has 1 heterocycles. The molecule has 110 valence electrons. The van der Waals surface area contributed by atoms with E-state index in [-0.39, 0.29) is 10.8 Å². The molecule has 1 N–H and O–H groups in total. The number of hydrogen-bond donors (Lipinski definition) is 1. The van der Waals surface area contributed by atoms with Gasteiger partial charge in [0.05, 0.1) is 5.69 Å². The molecule has 0 unspecified atom stereocenters. The highest BCUT2D eigenvalue weighted by Crippen LogP contribution is 2.35. The molecule has 0 amide bonds. The molecule has 1 rings (SSSR count). The SMILES string of the molecule is CCCC(C)(C)c1nc(C(C)(C)CC)c(C(C)C)[nH]1. The summed E-state index contributed by atoms with van der Waals surface area (Å²) < 4.78 is 0. The Labute approximate surface area is 119 Å². The number of imidazole rings is 1. The zero-order valence-corrected chi connectivity index (χ0v) is 14.1. The van der Waals surface area contributed by atoms with Gasteiger partial charge in [0.15, 0.2) is 0 Å². The Bertz CT molecular complexity index is 411. The van der Waals surface area contributed by atoms with Crippen molar-refractivity contribution in [3.8, 4) is 0 Å². The molecule has 2 nitrogen and oxygen atoms in total. The van der Waals surface area contributed by atoms with Gasteiger partial charge < -0.3 is 4.98 Å². The zero-order valence-electron chi connectivity index (χ0n) is 14.1. The lowest BCUT2D eigenvalue weighted by molar-refractivity contribution is 0.441. The maximum atomic E-state index is 5.01. The van der Waals surface area contributed by atoms with Gasteiger partial charge in [-0.15, -0.1) is 0 Å². The summed E-state index contributed by atoms with van der Waals surface area (Å²) in [4.78, 5) is 8.64. The Morgan fingerprint density at radius 1 is 1.05 bits per heavy atom. The van der Waals surface area contributed by atoms with Crippen molar-refractivity contribution in [3.63, 3.8) is 0 Å². The van der Waals surface area contributed by atoms with Crippen molar-refractivity contribution < 1.29 is 0 Å². The Balaban J connectivity index is 3.30. The minimum absolute atomic E-state index is 0.139. The summed E-state index contributed by atoms with van der Waals surface area (Å²) in [6.45, 7) is 18.2. The van der Waals surface area contributed by atoms with E-state index < -0.39 is 0 Å². The van der Waals surface area contributed by atoms with Gasteiger partial charge in [-0.05, 0) is 18.8 Å². The fourth-order valence-corrected chi connectivity index (χ4v) is 2.55. The van der Waals surface area contributed by atoms with Crippen LogP contribution in [0.1, 0.15) is 97.8 Å². The molecule has 0 saturated heterocycles. The minimum Gasteiger partial charge on any atom is -0.345 e. The lowest BCUT2D eigenvalue weighted by atomic mass is 9.83. The Kier molecular flexibility index (Phi) is 4.86. The second-order valence-corrected chi connectivity index (χ2v) is 7.37. The minimum atomic E-state index is 0.139. The van der Waals surface area contributed by atoms with Crippen molar-refractivity contribution in [3.05, 3.63) is 17.2 Å². The van der Waals surface area contributed by atoms with Gasteiger partial charge in [-0.1, -0.05) is 61.8 Å². The van der Waals surface area contributed by atoms with Gasteiger partial charge in [0, 0.05) is 16.5 Å². The number of H-pyrrole nitrogens is 1. The number of aromatic amines is 1. The van der Waals surface area contributed by atoms with Crippen LogP contribution in [0.4, 0.5) is 0 Å². The number of aromatic nitrogens is 2. The van der Waals surface area contributed by atoms with Crippen molar-refractivity contribution in [2.75, 3.05) is 0 Å². The molecule has 0 atom stereocenters. The first-order valence-electron chi connectivity index (χ1n) is 7.76. The second kappa shape index (κ2) is 5.68. The van der Waals surface area contributed by atoms with Crippen molar-refractivity contribution in [2.45, 2.75) is 91.4 Å². The molecule has 2 heteroatoms. The quantitative estimate of drug-likeness (QED) is 0.742. The van der Waals surface area contributed by atoms with Crippen molar-refractivity contribution in [1.29, 1.82) is 0 Å². The topological polar surface area (TPSA) is 28.7 Å². The second-order valence-electron chi connectivity index (χ2n) is 7.37. The summed E-state index contributed by atoms with van der Waals surface area (Å²) >= 11 is 0. The van der Waals surface area contributed by atoms with E-state index in [0.29, 0.717) is 5.92 Å². The van der Waals surface area contributed by atoms with Gasteiger partial charge in [0.2, 0.25) is 0 Å². The molecule has 0 radical (unpaired) electrons. The van der Waals surface area contributed by atoms with Crippen LogP contribution in [-0.4, -0.2) is 9.97 Å². The predicted octanol–water partition coefficient (Wildman–Crippen LogP) is 5.30. The predicted molar refractivity (Wildman–Crippen MR) is 83.9 cm³/mol. The average molecular weight is 264 g/mol.